The second-order valence-electron chi connectivity index (χ2n) is 6.17. The van der Waals surface area contributed by atoms with E-state index in [4.69, 9.17) is 16.3 Å². The molecule has 0 unspecified atom stereocenters. The molecule has 3 aromatic heterocycles. The summed E-state index contributed by atoms with van der Waals surface area (Å²) in [4.78, 5) is 16.3. The first-order chi connectivity index (χ1) is 14.5. The van der Waals surface area contributed by atoms with E-state index < -0.39 is 18.1 Å². The second kappa shape index (κ2) is 8.42. The number of esters is 1. The molecule has 0 atom stereocenters. The highest BCUT2D eigenvalue weighted by Gasteiger charge is 2.26. The molecular weight excluding hydrogens is 416 g/mol. The molecule has 0 aliphatic rings. The van der Waals surface area contributed by atoms with Crippen LogP contribution in [-0.4, -0.2) is 30.5 Å². The molecule has 0 bridgehead atoms. The van der Waals surface area contributed by atoms with Crippen LogP contribution in [0.1, 0.15) is 28.2 Å². The van der Waals surface area contributed by atoms with Crippen LogP contribution in [0.3, 0.4) is 0 Å². The molecule has 7 nitrogen and oxygen atoms in total. The number of nitrogens with zero attached hydrogens (tertiary/aromatic N) is 5. The Morgan fingerprint density at radius 1 is 1.07 bits per heavy atom. The number of alkyl halides is 2. The number of hydrogen-bond acceptors (Lipinski definition) is 5. The fourth-order valence-corrected chi connectivity index (χ4v) is 2.94. The lowest BCUT2D eigenvalue weighted by Crippen LogP contribution is -2.10. The number of aromatic nitrogens is 5. The Labute approximate surface area is 174 Å². The van der Waals surface area contributed by atoms with Gasteiger partial charge in [0.25, 0.3) is 6.43 Å². The topological polar surface area (TPSA) is 74.8 Å². The van der Waals surface area contributed by atoms with Gasteiger partial charge in [-0.25, -0.2) is 22.9 Å². The zero-order chi connectivity index (χ0) is 21.1. The van der Waals surface area contributed by atoms with Gasteiger partial charge in [0.15, 0.2) is 0 Å². The summed E-state index contributed by atoms with van der Waals surface area (Å²) in [6.07, 6.45) is 2.73. The smallest absolute Gasteiger partial charge is 0.342 e. The molecule has 0 N–H and O–H groups in total. The molecule has 4 rings (SSSR count). The number of carbonyl (C=O) groups is 1. The lowest BCUT2D eigenvalue weighted by atomic mass is 10.2. The number of hydrogen-bond donors (Lipinski definition) is 0. The number of halogens is 3. The molecule has 30 heavy (non-hydrogen) atoms. The third kappa shape index (κ3) is 4.06. The van der Waals surface area contributed by atoms with Crippen LogP contribution in [0, 0.1) is 0 Å². The van der Waals surface area contributed by atoms with Gasteiger partial charge in [-0.05, 0) is 42.5 Å². The van der Waals surface area contributed by atoms with Gasteiger partial charge in [-0.3, -0.25) is 4.98 Å². The number of pyridine rings is 1. The summed E-state index contributed by atoms with van der Waals surface area (Å²) in [5, 5.41) is 8.82. The third-order valence-electron chi connectivity index (χ3n) is 4.23. The maximum Gasteiger partial charge on any atom is 0.342 e. The van der Waals surface area contributed by atoms with Crippen LogP contribution in [0.25, 0.3) is 11.4 Å². The van der Waals surface area contributed by atoms with E-state index in [-0.39, 0.29) is 12.2 Å². The summed E-state index contributed by atoms with van der Waals surface area (Å²) >= 11 is 5.87. The minimum absolute atomic E-state index is 0.178. The van der Waals surface area contributed by atoms with Crippen molar-refractivity contribution in [1.29, 1.82) is 0 Å². The fourth-order valence-electron chi connectivity index (χ4n) is 2.81. The quantitative estimate of drug-likeness (QED) is 0.425. The zero-order valence-electron chi connectivity index (χ0n) is 15.3. The monoisotopic (exact) mass is 429 g/mol. The third-order valence-corrected chi connectivity index (χ3v) is 4.48. The summed E-state index contributed by atoms with van der Waals surface area (Å²) in [5.41, 5.74) is 0.743. The Kier molecular flexibility index (Phi) is 5.53. The van der Waals surface area contributed by atoms with Gasteiger partial charge < -0.3 is 4.74 Å². The summed E-state index contributed by atoms with van der Waals surface area (Å²) in [5.74, 6) is -0.911. The summed E-state index contributed by atoms with van der Waals surface area (Å²) in [7, 11) is 0. The number of rotatable bonds is 6. The predicted octanol–water partition coefficient (Wildman–Crippen LogP) is 4.40. The molecule has 0 spiro atoms. The standard InChI is InChI=1S/C20H14ClF2N5O2/c21-13-1-3-15(4-2-13)27-10-7-14(26-27)12-30-20(29)17-11-25-28(18(17)19(22)23)16-5-8-24-9-6-16/h1-11,19H,12H2. The van der Waals surface area contributed by atoms with Crippen molar-refractivity contribution in [3.8, 4) is 11.4 Å². The van der Waals surface area contributed by atoms with Crippen molar-refractivity contribution in [2.75, 3.05) is 0 Å². The van der Waals surface area contributed by atoms with E-state index in [1.807, 2.05) is 0 Å². The van der Waals surface area contributed by atoms with Gasteiger partial charge in [-0.2, -0.15) is 10.2 Å². The van der Waals surface area contributed by atoms with Gasteiger partial charge in [0.1, 0.15) is 23.6 Å². The summed E-state index contributed by atoms with van der Waals surface area (Å²) < 4.78 is 35.1. The van der Waals surface area contributed by atoms with Crippen LogP contribution in [0.2, 0.25) is 5.02 Å². The van der Waals surface area contributed by atoms with Gasteiger partial charge in [0, 0.05) is 23.6 Å². The van der Waals surface area contributed by atoms with Crippen molar-refractivity contribution < 1.29 is 18.3 Å². The molecule has 0 fully saturated rings. The Bertz CT molecular complexity index is 1160. The highest BCUT2D eigenvalue weighted by Crippen LogP contribution is 2.26. The Morgan fingerprint density at radius 2 is 1.80 bits per heavy atom. The van der Waals surface area contributed by atoms with E-state index in [0.29, 0.717) is 16.4 Å². The van der Waals surface area contributed by atoms with Crippen molar-refractivity contribution in [1.82, 2.24) is 24.5 Å². The zero-order valence-corrected chi connectivity index (χ0v) is 16.1. The number of ether oxygens (including phenoxy) is 1. The number of carbonyl (C=O) groups excluding carboxylic acids is 1. The first-order valence-corrected chi connectivity index (χ1v) is 9.15. The van der Waals surface area contributed by atoms with Crippen LogP contribution < -0.4 is 0 Å². The van der Waals surface area contributed by atoms with E-state index in [1.165, 1.54) is 24.5 Å². The van der Waals surface area contributed by atoms with Crippen LogP contribution in [0.5, 0.6) is 0 Å². The Morgan fingerprint density at radius 3 is 2.50 bits per heavy atom. The molecule has 3 heterocycles. The molecule has 0 amide bonds. The molecular formula is C20H14ClF2N5O2. The van der Waals surface area contributed by atoms with E-state index in [9.17, 15) is 13.6 Å². The lowest BCUT2D eigenvalue weighted by molar-refractivity contribution is 0.0456. The highest BCUT2D eigenvalue weighted by atomic mass is 35.5. The van der Waals surface area contributed by atoms with Crippen molar-refractivity contribution in [3.05, 3.63) is 89.2 Å². The fraction of sp³-hybridized carbons (Fsp3) is 0.100. The molecule has 0 radical (unpaired) electrons. The van der Waals surface area contributed by atoms with Gasteiger partial charge >= 0.3 is 5.97 Å². The van der Waals surface area contributed by atoms with Crippen LogP contribution in [-0.2, 0) is 11.3 Å². The normalized spacial score (nSPS) is 11.1. The molecule has 4 aromatic rings. The molecule has 0 saturated carbocycles. The maximum absolute atomic E-state index is 13.6. The first-order valence-electron chi connectivity index (χ1n) is 8.77. The Hall–Kier alpha value is -3.59. The molecule has 152 valence electrons. The van der Waals surface area contributed by atoms with Crippen molar-refractivity contribution in [3.63, 3.8) is 0 Å². The van der Waals surface area contributed by atoms with Gasteiger partial charge in [-0.1, -0.05) is 11.6 Å². The summed E-state index contributed by atoms with van der Waals surface area (Å²) in [6, 6.07) is 11.7. The number of benzene rings is 1. The molecule has 0 aliphatic heterocycles. The van der Waals surface area contributed by atoms with Crippen molar-refractivity contribution >= 4 is 17.6 Å². The van der Waals surface area contributed by atoms with Gasteiger partial charge in [-0.15, -0.1) is 0 Å². The summed E-state index contributed by atoms with van der Waals surface area (Å²) in [6.45, 7) is -0.178. The minimum Gasteiger partial charge on any atom is -0.455 e. The highest BCUT2D eigenvalue weighted by molar-refractivity contribution is 6.30. The SMILES string of the molecule is O=C(OCc1ccn(-c2ccc(Cl)cc2)n1)c1cnn(-c2ccncc2)c1C(F)F. The average Bonchev–Trinajstić information content (AvgIpc) is 3.41. The molecule has 0 saturated heterocycles. The predicted molar refractivity (Wildman–Crippen MR) is 104 cm³/mol. The van der Waals surface area contributed by atoms with Crippen molar-refractivity contribution in [2.24, 2.45) is 0 Å². The molecule has 10 heteroatoms. The van der Waals surface area contributed by atoms with Gasteiger partial charge in [0.05, 0.1) is 17.6 Å². The average molecular weight is 430 g/mol. The van der Waals surface area contributed by atoms with E-state index in [0.717, 1.165) is 16.6 Å². The minimum atomic E-state index is -2.92. The Balaban J connectivity index is 1.50. The first kappa shape index (κ1) is 19.7. The largest absolute Gasteiger partial charge is 0.455 e. The van der Waals surface area contributed by atoms with Crippen LogP contribution in [0.4, 0.5) is 8.78 Å². The maximum atomic E-state index is 13.6. The van der Waals surface area contributed by atoms with Gasteiger partial charge in [0.2, 0.25) is 0 Å². The van der Waals surface area contributed by atoms with Crippen LogP contribution in [0.15, 0.2) is 67.3 Å². The molecule has 0 aliphatic carbocycles. The van der Waals surface area contributed by atoms with E-state index in [1.54, 1.807) is 41.2 Å². The molecule has 1 aromatic carbocycles. The van der Waals surface area contributed by atoms with Crippen molar-refractivity contribution in [2.45, 2.75) is 13.0 Å². The second-order valence-corrected chi connectivity index (χ2v) is 6.60. The lowest BCUT2D eigenvalue weighted by Gasteiger charge is -2.08. The van der Waals surface area contributed by atoms with E-state index in [2.05, 4.69) is 15.2 Å². The van der Waals surface area contributed by atoms with E-state index >= 15 is 0 Å². The van der Waals surface area contributed by atoms with Crippen LogP contribution >= 0.6 is 11.6 Å².